The Morgan fingerprint density at radius 2 is 1.23 bits per heavy atom. The Hall–Kier alpha value is -0.790. The van der Waals surface area contributed by atoms with Gasteiger partial charge >= 0.3 is 0 Å². The largest absolute Gasteiger partial charge is 0.310 e. The molecule has 1 aliphatic carbocycles. The van der Waals surface area contributed by atoms with Crippen molar-refractivity contribution in [2.45, 2.75) is 103 Å². The van der Waals surface area contributed by atoms with Gasteiger partial charge < -0.3 is 5.43 Å². The summed E-state index contributed by atoms with van der Waals surface area (Å²) >= 11 is 0. The van der Waals surface area contributed by atoms with Crippen molar-refractivity contribution in [3.05, 3.63) is 11.6 Å². The van der Waals surface area contributed by atoms with Crippen molar-refractivity contribution in [3.8, 4) is 0 Å². The van der Waals surface area contributed by atoms with Crippen molar-refractivity contribution in [1.29, 1.82) is 0 Å². The first kappa shape index (κ1) is 17.6. The standard InChI is InChI=1S/C20H36N2/c1-2-4-8-12-16-19(15-11-7-3-1)20-17-13-9-5-6-10-14-18-21-22-20/h15,21H,1-14,16-18H2/b19-15+,22-20-. The SMILES string of the molecule is C1=C(/C2=N\NCCCCCCCC2)CCCCCCCCC/1. The molecule has 126 valence electrons. The normalized spacial score (nSPS) is 28.7. The van der Waals surface area contributed by atoms with Crippen molar-refractivity contribution in [1.82, 2.24) is 5.43 Å². The van der Waals surface area contributed by atoms with E-state index in [1.807, 2.05) is 0 Å². The molecular weight excluding hydrogens is 268 g/mol. The maximum Gasteiger partial charge on any atom is 0.0631 e. The second-order valence-corrected chi connectivity index (χ2v) is 7.08. The monoisotopic (exact) mass is 304 g/mol. The van der Waals surface area contributed by atoms with E-state index in [1.54, 1.807) is 5.57 Å². The minimum absolute atomic E-state index is 1.05. The van der Waals surface area contributed by atoms with Crippen LogP contribution in [0.15, 0.2) is 16.8 Å². The number of nitrogens with zero attached hydrogens (tertiary/aromatic N) is 1. The summed E-state index contributed by atoms with van der Waals surface area (Å²) in [4.78, 5) is 0. The fraction of sp³-hybridized carbons (Fsp3) is 0.850. The van der Waals surface area contributed by atoms with Crippen molar-refractivity contribution in [3.63, 3.8) is 0 Å². The third-order valence-electron chi connectivity index (χ3n) is 5.08. The first-order valence-electron chi connectivity index (χ1n) is 9.95. The average Bonchev–Trinajstić information content (AvgIpc) is 2.64. The van der Waals surface area contributed by atoms with Crippen LogP contribution in [0.1, 0.15) is 103 Å². The number of hydrogen-bond acceptors (Lipinski definition) is 2. The van der Waals surface area contributed by atoms with Gasteiger partial charge in [-0.15, -0.1) is 0 Å². The molecule has 2 heteroatoms. The lowest BCUT2D eigenvalue weighted by molar-refractivity contribution is 0.586. The van der Waals surface area contributed by atoms with Crippen molar-refractivity contribution in [2.24, 2.45) is 5.10 Å². The van der Waals surface area contributed by atoms with Crippen LogP contribution in [0.2, 0.25) is 0 Å². The molecular formula is C20H36N2. The molecule has 2 nitrogen and oxygen atoms in total. The Labute approximate surface area is 137 Å². The summed E-state index contributed by atoms with van der Waals surface area (Å²) in [6.45, 7) is 1.05. The molecule has 0 amide bonds. The van der Waals surface area contributed by atoms with E-state index in [-0.39, 0.29) is 0 Å². The Morgan fingerprint density at radius 3 is 2.00 bits per heavy atom. The van der Waals surface area contributed by atoms with E-state index in [0.717, 1.165) is 6.54 Å². The van der Waals surface area contributed by atoms with Crippen LogP contribution in [0, 0.1) is 0 Å². The van der Waals surface area contributed by atoms with Gasteiger partial charge in [0.05, 0.1) is 5.71 Å². The Balaban J connectivity index is 1.97. The van der Waals surface area contributed by atoms with Gasteiger partial charge in [-0.3, -0.25) is 0 Å². The zero-order chi connectivity index (χ0) is 15.3. The molecule has 0 radical (unpaired) electrons. The van der Waals surface area contributed by atoms with Crippen LogP contribution in [0.4, 0.5) is 0 Å². The third-order valence-corrected chi connectivity index (χ3v) is 5.08. The maximum absolute atomic E-state index is 4.80. The third kappa shape index (κ3) is 7.47. The van der Waals surface area contributed by atoms with Crippen molar-refractivity contribution < 1.29 is 0 Å². The number of hydrogen-bond donors (Lipinski definition) is 1. The molecule has 0 saturated carbocycles. The van der Waals surface area contributed by atoms with Gasteiger partial charge in [-0.1, -0.05) is 63.9 Å². The highest BCUT2D eigenvalue weighted by atomic mass is 15.3. The Morgan fingerprint density at radius 1 is 0.636 bits per heavy atom. The van der Waals surface area contributed by atoms with E-state index in [2.05, 4.69) is 11.5 Å². The van der Waals surface area contributed by atoms with E-state index < -0.39 is 0 Å². The number of allylic oxidation sites excluding steroid dienone is 2. The molecule has 1 aliphatic heterocycles. The molecule has 0 bridgehead atoms. The van der Waals surface area contributed by atoms with Gasteiger partial charge in [0.15, 0.2) is 0 Å². The predicted octanol–water partition coefficient (Wildman–Crippen LogP) is 6.13. The van der Waals surface area contributed by atoms with Gasteiger partial charge in [0, 0.05) is 6.54 Å². The van der Waals surface area contributed by atoms with Crippen molar-refractivity contribution >= 4 is 5.71 Å². The number of nitrogens with one attached hydrogen (secondary N) is 1. The van der Waals surface area contributed by atoms with Gasteiger partial charge in [0.2, 0.25) is 0 Å². The van der Waals surface area contributed by atoms with E-state index >= 15 is 0 Å². The molecule has 0 atom stereocenters. The summed E-state index contributed by atoms with van der Waals surface area (Å²) in [6.07, 6.45) is 24.2. The first-order chi connectivity index (χ1) is 11.0. The molecule has 0 saturated heterocycles. The molecule has 2 rings (SSSR count). The minimum atomic E-state index is 1.05. The molecule has 0 aromatic rings. The summed E-state index contributed by atoms with van der Waals surface area (Å²) < 4.78 is 0. The Bertz CT molecular complexity index is 310. The fourth-order valence-corrected chi connectivity index (χ4v) is 3.63. The van der Waals surface area contributed by atoms with Crippen molar-refractivity contribution in [2.75, 3.05) is 6.54 Å². The van der Waals surface area contributed by atoms with Gasteiger partial charge in [0.1, 0.15) is 0 Å². The van der Waals surface area contributed by atoms with Crippen LogP contribution >= 0.6 is 0 Å². The fourth-order valence-electron chi connectivity index (χ4n) is 3.63. The lowest BCUT2D eigenvalue weighted by Crippen LogP contribution is -2.14. The molecule has 0 aromatic carbocycles. The van der Waals surface area contributed by atoms with E-state index in [0.29, 0.717) is 0 Å². The summed E-state index contributed by atoms with van der Waals surface area (Å²) in [6, 6.07) is 0. The zero-order valence-electron chi connectivity index (χ0n) is 14.5. The topological polar surface area (TPSA) is 24.4 Å². The van der Waals surface area contributed by atoms with Gasteiger partial charge in [-0.25, -0.2) is 0 Å². The lowest BCUT2D eigenvalue weighted by atomic mass is 9.97. The van der Waals surface area contributed by atoms with E-state index in [1.165, 1.54) is 108 Å². The average molecular weight is 305 g/mol. The van der Waals surface area contributed by atoms with Crippen LogP contribution in [0.3, 0.4) is 0 Å². The summed E-state index contributed by atoms with van der Waals surface area (Å²) in [7, 11) is 0. The van der Waals surface area contributed by atoms with Gasteiger partial charge in [-0.05, 0) is 50.5 Å². The molecule has 2 aliphatic rings. The molecule has 1 N–H and O–H groups in total. The molecule has 0 aromatic heterocycles. The van der Waals surface area contributed by atoms with Gasteiger partial charge in [0.25, 0.3) is 0 Å². The maximum atomic E-state index is 4.80. The smallest absolute Gasteiger partial charge is 0.0631 e. The molecule has 0 spiro atoms. The van der Waals surface area contributed by atoms with Crippen LogP contribution in [0.5, 0.6) is 0 Å². The van der Waals surface area contributed by atoms with E-state index in [4.69, 9.17) is 5.10 Å². The predicted molar refractivity (Wildman–Crippen MR) is 97.4 cm³/mol. The quantitative estimate of drug-likeness (QED) is 0.619. The van der Waals surface area contributed by atoms with Crippen LogP contribution < -0.4 is 5.43 Å². The Kier molecular flexibility index (Phi) is 9.37. The first-order valence-corrected chi connectivity index (χ1v) is 9.95. The summed E-state index contributed by atoms with van der Waals surface area (Å²) in [5, 5.41) is 4.80. The molecule has 1 heterocycles. The highest BCUT2D eigenvalue weighted by molar-refractivity contribution is 5.99. The van der Waals surface area contributed by atoms with Crippen LogP contribution in [-0.4, -0.2) is 12.3 Å². The van der Waals surface area contributed by atoms with Gasteiger partial charge in [-0.2, -0.15) is 5.10 Å². The zero-order valence-corrected chi connectivity index (χ0v) is 14.5. The molecule has 22 heavy (non-hydrogen) atoms. The van der Waals surface area contributed by atoms with E-state index in [9.17, 15) is 0 Å². The highest BCUT2D eigenvalue weighted by Crippen LogP contribution is 2.20. The number of hydrazone groups is 1. The highest BCUT2D eigenvalue weighted by Gasteiger charge is 2.09. The number of rotatable bonds is 1. The van der Waals surface area contributed by atoms with Crippen LogP contribution in [0.25, 0.3) is 0 Å². The summed E-state index contributed by atoms with van der Waals surface area (Å²) in [5.74, 6) is 0. The summed E-state index contributed by atoms with van der Waals surface area (Å²) in [5.41, 5.74) is 6.29. The van der Waals surface area contributed by atoms with Crippen LogP contribution in [-0.2, 0) is 0 Å². The molecule has 0 fully saturated rings. The molecule has 0 unspecified atom stereocenters. The second kappa shape index (κ2) is 11.7. The second-order valence-electron chi connectivity index (χ2n) is 7.08. The minimum Gasteiger partial charge on any atom is -0.310 e. The lowest BCUT2D eigenvalue weighted by Gasteiger charge is -2.12.